The molecule has 0 spiro atoms. The van der Waals surface area contributed by atoms with E-state index in [9.17, 15) is 22.8 Å². The Morgan fingerprint density at radius 1 is 1.38 bits per heavy atom. The lowest BCUT2D eigenvalue weighted by molar-refractivity contribution is -0.189. The molecule has 0 rings (SSSR count). The summed E-state index contributed by atoms with van der Waals surface area (Å²) in [5.74, 6) is -3.20. The number of amides is 1. The quantitative estimate of drug-likeness (QED) is 0.673. The summed E-state index contributed by atoms with van der Waals surface area (Å²) in [6, 6.07) is 0. The zero-order chi connectivity index (χ0) is 10.5. The first-order chi connectivity index (χ1) is 5.88. The number of hydrogen-bond acceptors (Lipinski definition) is 3. The maximum Gasteiger partial charge on any atom is 0.474 e. The van der Waals surface area contributed by atoms with Crippen molar-refractivity contribution in [2.24, 2.45) is 0 Å². The van der Waals surface area contributed by atoms with Crippen LogP contribution >= 0.6 is 0 Å². The summed E-state index contributed by atoms with van der Waals surface area (Å²) in [7, 11) is 0. The maximum absolute atomic E-state index is 11.5. The topological polar surface area (TPSA) is 55.4 Å². The van der Waals surface area contributed by atoms with E-state index in [0.717, 1.165) is 5.48 Å². The number of halogens is 3. The van der Waals surface area contributed by atoms with Crippen LogP contribution < -0.4 is 5.48 Å². The number of hydroxylamine groups is 1. The molecule has 13 heavy (non-hydrogen) atoms. The molecule has 0 heterocycles. The predicted octanol–water partition coefficient (Wildman–Crippen LogP) is 0.923. The molecule has 0 saturated carbocycles. The fraction of sp³-hybridized carbons (Fsp3) is 0.667. The summed E-state index contributed by atoms with van der Waals surface area (Å²) in [5, 5.41) is 0. The van der Waals surface area contributed by atoms with Gasteiger partial charge in [0.2, 0.25) is 0 Å². The molecule has 76 valence electrons. The molecule has 0 bridgehead atoms. The molecular weight excluding hydrogens is 191 g/mol. The van der Waals surface area contributed by atoms with Crippen molar-refractivity contribution in [1.82, 2.24) is 5.48 Å². The average Bonchev–Trinajstić information content (AvgIpc) is 1.99. The smallest absolute Gasteiger partial charge is 0.341 e. The summed E-state index contributed by atoms with van der Waals surface area (Å²) >= 11 is 0. The van der Waals surface area contributed by atoms with Gasteiger partial charge in [-0.05, 0) is 6.42 Å². The first kappa shape index (κ1) is 11.7. The zero-order valence-corrected chi connectivity index (χ0v) is 6.77. The summed E-state index contributed by atoms with van der Waals surface area (Å²) in [5.41, 5.74) is 0.994. The monoisotopic (exact) mass is 199 g/mol. The number of carbonyl (C=O) groups is 2. The Kier molecular flexibility index (Phi) is 4.22. The second-order valence-corrected chi connectivity index (χ2v) is 2.15. The van der Waals surface area contributed by atoms with Crippen LogP contribution in [-0.4, -0.2) is 18.1 Å². The fourth-order valence-corrected chi connectivity index (χ4v) is 0.416. The van der Waals surface area contributed by atoms with Gasteiger partial charge in [-0.25, -0.2) is 4.79 Å². The molecule has 1 amide bonds. The first-order valence-corrected chi connectivity index (χ1v) is 3.44. The van der Waals surface area contributed by atoms with Crippen molar-refractivity contribution in [2.75, 3.05) is 0 Å². The highest BCUT2D eigenvalue weighted by atomic mass is 19.4. The summed E-state index contributed by atoms with van der Waals surface area (Å²) in [6.45, 7) is 1.65. The Morgan fingerprint density at radius 2 is 1.92 bits per heavy atom. The highest BCUT2D eigenvalue weighted by Gasteiger charge is 2.39. The van der Waals surface area contributed by atoms with E-state index in [0.29, 0.717) is 6.42 Å². The van der Waals surface area contributed by atoms with Crippen LogP contribution in [0.1, 0.15) is 19.8 Å². The number of carbonyl (C=O) groups excluding carboxylic acids is 2. The third-order valence-electron chi connectivity index (χ3n) is 0.969. The molecule has 0 aromatic rings. The molecule has 0 fully saturated rings. The van der Waals surface area contributed by atoms with E-state index in [1.165, 1.54) is 0 Å². The van der Waals surface area contributed by atoms with Crippen molar-refractivity contribution in [2.45, 2.75) is 25.9 Å². The van der Waals surface area contributed by atoms with Crippen LogP contribution in [0.4, 0.5) is 13.2 Å². The molecule has 0 aliphatic heterocycles. The van der Waals surface area contributed by atoms with Crippen LogP contribution in [0.3, 0.4) is 0 Å². The molecule has 0 radical (unpaired) electrons. The van der Waals surface area contributed by atoms with Gasteiger partial charge < -0.3 is 4.84 Å². The van der Waals surface area contributed by atoms with Gasteiger partial charge in [0.25, 0.3) is 0 Å². The van der Waals surface area contributed by atoms with E-state index in [1.54, 1.807) is 6.92 Å². The molecule has 1 N–H and O–H groups in total. The summed E-state index contributed by atoms with van der Waals surface area (Å²) in [6.07, 6.45) is -4.65. The highest BCUT2D eigenvalue weighted by molar-refractivity contribution is 5.82. The Bertz CT molecular complexity index is 202. The van der Waals surface area contributed by atoms with E-state index in [2.05, 4.69) is 4.84 Å². The standard InChI is InChI=1S/C6H8F3NO3/c1-2-3-4(11)13-10-5(12)6(7,8)9/h2-3H2,1H3,(H,10,12). The Labute approximate surface area is 72.0 Å². The number of hydrogen-bond donors (Lipinski definition) is 1. The lowest BCUT2D eigenvalue weighted by atomic mass is 10.3. The van der Waals surface area contributed by atoms with E-state index < -0.39 is 18.1 Å². The van der Waals surface area contributed by atoms with Crippen LogP contribution in [-0.2, 0) is 14.4 Å². The van der Waals surface area contributed by atoms with Crippen LogP contribution in [0, 0.1) is 0 Å². The van der Waals surface area contributed by atoms with Crippen molar-refractivity contribution >= 4 is 11.9 Å². The van der Waals surface area contributed by atoms with E-state index in [4.69, 9.17) is 0 Å². The van der Waals surface area contributed by atoms with Crippen molar-refractivity contribution in [3.8, 4) is 0 Å². The zero-order valence-electron chi connectivity index (χ0n) is 6.77. The van der Waals surface area contributed by atoms with E-state index in [-0.39, 0.29) is 6.42 Å². The van der Waals surface area contributed by atoms with Gasteiger partial charge in [-0.15, -0.1) is 0 Å². The third-order valence-corrected chi connectivity index (χ3v) is 0.969. The third kappa shape index (κ3) is 5.05. The normalized spacial score (nSPS) is 10.8. The Hall–Kier alpha value is -1.27. The van der Waals surface area contributed by atoms with Gasteiger partial charge >= 0.3 is 18.1 Å². The SMILES string of the molecule is CCCC(=O)ONC(=O)C(F)(F)F. The Morgan fingerprint density at radius 3 is 2.31 bits per heavy atom. The van der Waals surface area contributed by atoms with Gasteiger partial charge in [-0.2, -0.15) is 18.7 Å². The van der Waals surface area contributed by atoms with Crippen molar-refractivity contribution < 1.29 is 27.6 Å². The first-order valence-electron chi connectivity index (χ1n) is 3.44. The minimum absolute atomic E-state index is 0.0435. The van der Waals surface area contributed by atoms with Gasteiger partial charge in [0.15, 0.2) is 0 Å². The molecule has 0 aromatic carbocycles. The highest BCUT2D eigenvalue weighted by Crippen LogP contribution is 2.13. The molecule has 0 aliphatic rings. The second-order valence-electron chi connectivity index (χ2n) is 2.15. The average molecular weight is 199 g/mol. The summed E-state index contributed by atoms with van der Waals surface area (Å²) in [4.78, 5) is 24.3. The van der Waals surface area contributed by atoms with Crippen LogP contribution in [0.25, 0.3) is 0 Å². The minimum atomic E-state index is -5.04. The van der Waals surface area contributed by atoms with Crippen molar-refractivity contribution in [1.29, 1.82) is 0 Å². The van der Waals surface area contributed by atoms with Crippen molar-refractivity contribution in [3.63, 3.8) is 0 Å². The molecule has 4 nitrogen and oxygen atoms in total. The molecular formula is C6H8F3NO3. The maximum atomic E-state index is 11.5. The number of nitrogens with one attached hydrogen (secondary N) is 1. The minimum Gasteiger partial charge on any atom is -0.341 e. The van der Waals surface area contributed by atoms with Crippen molar-refractivity contribution in [3.05, 3.63) is 0 Å². The number of alkyl halides is 3. The second kappa shape index (κ2) is 4.68. The largest absolute Gasteiger partial charge is 0.474 e. The molecule has 0 aromatic heterocycles. The lowest BCUT2D eigenvalue weighted by Gasteiger charge is -2.06. The van der Waals surface area contributed by atoms with Gasteiger partial charge in [-0.3, -0.25) is 4.79 Å². The number of rotatable bonds is 2. The van der Waals surface area contributed by atoms with Gasteiger partial charge in [0.1, 0.15) is 0 Å². The van der Waals surface area contributed by atoms with Gasteiger partial charge in [-0.1, -0.05) is 6.92 Å². The molecule has 0 atom stereocenters. The molecule has 7 heteroatoms. The van der Waals surface area contributed by atoms with Crippen LogP contribution in [0.2, 0.25) is 0 Å². The van der Waals surface area contributed by atoms with Gasteiger partial charge in [0, 0.05) is 6.42 Å². The predicted molar refractivity (Wildman–Crippen MR) is 35.2 cm³/mol. The summed E-state index contributed by atoms with van der Waals surface area (Å²) < 4.78 is 34.4. The van der Waals surface area contributed by atoms with Crippen LogP contribution in [0.5, 0.6) is 0 Å². The molecule has 0 aliphatic carbocycles. The Balaban J connectivity index is 3.77. The fourth-order valence-electron chi connectivity index (χ4n) is 0.416. The van der Waals surface area contributed by atoms with E-state index >= 15 is 0 Å². The molecule has 0 unspecified atom stereocenters. The lowest BCUT2D eigenvalue weighted by Crippen LogP contribution is -2.38. The molecule has 0 saturated heterocycles. The van der Waals surface area contributed by atoms with Gasteiger partial charge in [0.05, 0.1) is 0 Å². The van der Waals surface area contributed by atoms with Crippen LogP contribution in [0.15, 0.2) is 0 Å². The van der Waals surface area contributed by atoms with E-state index in [1.807, 2.05) is 0 Å².